The van der Waals surface area contributed by atoms with Crippen molar-refractivity contribution in [1.29, 1.82) is 0 Å². The molecule has 27 heavy (non-hydrogen) atoms. The van der Waals surface area contributed by atoms with Crippen LogP contribution in [0, 0.1) is 5.92 Å². The molecule has 2 amide bonds. The normalized spacial score (nSPS) is 34.8. The Kier molecular flexibility index (Phi) is 6.18. The lowest BCUT2D eigenvalue weighted by molar-refractivity contribution is -0.127. The van der Waals surface area contributed by atoms with Crippen molar-refractivity contribution < 1.29 is 23.8 Å². The average Bonchev–Trinajstić information content (AvgIpc) is 3.27. The molecule has 0 aromatic heterocycles. The zero-order valence-corrected chi connectivity index (χ0v) is 16.0. The van der Waals surface area contributed by atoms with Gasteiger partial charge in [-0.1, -0.05) is 38.5 Å². The molecule has 2 heterocycles. The fourth-order valence-electron chi connectivity index (χ4n) is 4.94. The first-order chi connectivity index (χ1) is 13.2. The van der Waals surface area contributed by atoms with Gasteiger partial charge < -0.3 is 24.8 Å². The third kappa shape index (κ3) is 4.57. The molecule has 0 spiro atoms. The first kappa shape index (κ1) is 19.0. The summed E-state index contributed by atoms with van der Waals surface area (Å²) in [6, 6.07) is 0.0656. The van der Waals surface area contributed by atoms with Crippen LogP contribution in [0.2, 0.25) is 0 Å². The van der Waals surface area contributed by atoms with Crippen LogP contribution >= 0.6 is 0 Å². The fourth-order valence-corrected chi connectivity index (χ4v) is 4.94. The fraction of sp³-hybridized carbons (Fsp3) is 0.900. The van der Waals surface area contributed by atoms with Crippen molar-refractivity contribution in [3.63, 3.8) is 0 Å². The van der Waals surface area contributed by atoms with E-state index >= 15 is 0 Å². The third-order valence-corrected chi connectivity index (χ3v) is 6.50. The predicted molar refractivity (Wildman–Crippen MR) is 98.3 cm³/mol. The van der Waals surface area contributed by atoms with Gasteiger partial charge in [0.15, 0.2) is 6.10 Å². The summed E-state index contributed by atoms with van der Waals surface area (Å²) in [5, 5.41) is 6.08. The van der Waals surface area contributed by atoms with Crippen molar-refractivity contribution in [3.05, 3.63) is 0 Å². The Morgan fingerprint density at radius 1 is 0.778 bits per heavy atom. The van der Waals surface area contributed by atoms with Crippen LogP contribution in [-0.2, 0) is 19.0 Å². The van der Waals surface area contributed by atoms with E-state index in [0.29, 0.717) is 13.2 Å². The second-order valence-electron chi connectivity index (χ2n) is 8.47. The van der Waals surface area contributed by atoms with Gasteiger partial charge in [-0.2, -0.15) is 0 Å². The van der Waals surface area contributed by atoms with Crippen molar-refractivity contribution >= 4 is 12.0 Å². The Hall–Kier alpha value is -1.34. The molecule has 4 atom stereocenters. The van der Waals surface area contributed by atoms with E-state index in [9.17, 15) is 9.59 Å². The summed E-state index contributed by atoms with van der Waals surface area (Å²) in [6.45, 7) is 0.737. The Balaban J connectivity index is 1.24. The monoisotopic (exact) mass is 380 g/mol. The van der Waals surface area contributed by atoms with Gasteiger partial charge >= 0.3 is 6.09 Å². The minimum atomic E-state index is -0.407. The number of hydrogen-bond acceptors (Lipinski definition) is 5. The molecule has 0 radical (unpaired) electrons. The summed E-state index contributed by atoms with van der Waals surface area (Å²) >= 11 is 0. The Bertz CT molecular complexity index is 530. The van der Waals surface area contributed by atoms with Crippen LogP contribution in [-0.4, -0.2) is 55.6 Å². The van der Waals surface area contributed by atoms with Crippen LogP contribution in [0.3, 0.4) is 0 Å². The van der Waals surface area contributed by atoms with E-state index < -0.39 is 6.10 Å². The van der Waals surface area contributed by atoms with E-state index in [-0.39, 0.29) is 42.2 Å². The topological polar surface area (TPSA) is 85.9 Å². The maximum atomic E-state index is 12.5. The van der Waals surface area contributed by atoms with E-state index in [2.05, 4.69) is 10.6 Å². The molecule has 2 saturated heterocycles. The molecule has 7 nitrogen and oxygen atoms in total. The first-order valence-electron chi connectivity index (χ1n) is 10.7. The van der Waals surface area contributed by atoms with E-state index in [1.54, 1.807) is 0 Å². The summed E-state index contributed by atoms with van der Waals surface area (Å²) in [5.41, 5.74) is 0. The molecule has 7 heteroatoms. The van der Waals surface area contributed by atoms with E-state index in [1.807, 2.05) is 0 Å². The van der Waals surface area contributed by atoms with Gasteiger partial charge in [-0.05, 0) is 25.7 Å². The highest BCUT2D eigenvalue weighted by Gasteiger charge is 2.50. The lowest BCUT2D eigenvalue weighted by Gasteiger charge is -2.24. The second-order valence-corrected chi connectivity index (χ2v) is 8.47. The number of rotatable bonds is 4. The largest absolute Gasteiger partial charge is 0.441 e. The van der Waals surface area contributed by atoms with E-state index in [1.165, 1.54) is 12.8 Å². The summed E-state index contributed by atoms with van der Waals surface area (Å²) in [4.78, 5) is 24.7. The highest BCUT2D eigenvalue weighted by molar-refractivity contribution is 5.79. The van der Waals surface area contributed by atoms with Crippen LogP contribution in [0.1, 0.15) is 64.2 Å². The van der Waals surface area contributed by atoms with Crippen LogP contribution in [0.5, 0.6) is 0 Å². The zero-order chi connectivity index (χ0) is 18.6. The summed E-state index contributed by atoms with van der Waals surface area (Å²) in [6.07, 6.45) is 9.74. The molecule has 4 rings (SSSR count). The molecule has 0 unspecified atom stereocenters. The molecule has 152 valence electrons. The van der Waals surface area contributed by atoms with Gasteiger partial charge in [0.25, 0.3) is 0 Å². The smallest absolute Gasteiger partial charge is 0.407 e. The molecule has 2 saturated carbocycles. The van der Waals surface area contributed by atoms with Crippen molar-refractivity contribution in [3.8, 4) is 0 Å². The number of fused-ring (bicyclic) bond motifs is 1. The highest BCUT2D eigenvalue weighted by Crippen LogP contribution is 2.30. The van der Waals surface area contributed by atoms with Crippen molar-refractivity contribution in [2.45, 2.75) is 94.6 Å². The van der Waals surface area contributed by atoms with E-state index in [0.717, 1.165) is 51.4 Å². The molecule has 0 aromatic carbocycles. The van der Waals surface area contributed by atoms with Gasteiger partial charge in [0.1, 0.15) is 12.2 Å². The number of nitrogens with one attached hydrogen (secondary N) is 2. The number of alkyl carbamates (subject to hydrolysis) is 1. The predicted octanol–water partition coefficient (Wildman–Crippen LogP) is 2.28. The molecular formula is C20H32N2O5. The highest BCUT2D eigenvalue weighted by atomic mass is 16.6. The molecule has 4 fully saturated rings. The third-order valence-electron chi connectivity index (χ3n) is 6.50. The van der Waals surface area contributed by atoms with Crippen LogP contribution < -0.4 is 10.6 Å². The second kappa shape index (κ2) is 8.78. The van der Waals surface area contributed by atoms with Gasteiger partial charge in [0.05, 0.1) is 19.3 Å². The van der Waals surface area contributed by atoms with E-state index in [4.69, 9.17) is 14.2 Å². The van der Waals surface area contributed by atoms with Gasteiger partial charge in [0.2, 0.25) is 5.91 Å². The Morgan fingerprint density at radius 2 is 1.44 bits per heavy atom. The van der Waals surface area contributed by atoms with Crippen LogP contribution in [0.25, 0.3) is 0 Å². The maximum absolute atomic E-state index is 12.5. The first-order valence-corrected chi connectivity index (χ1v) is 10.7. The Labute approximate surface area is 160 Å². The molecular weight excluding hydrogens is 348 g/mol. The van der Waals surface area contributed by atoms with Crippen LogP contribution in [0.15, 0.2) is 0 Å². The number of carbonyl (C=O) groups is 2. The average molecular weight is 380 g/mol. The molecule has 2 N–H and O–H groups in total. The summed E-state index contributed by atoms with van der Waals surface area (Å²) in [5.74, 6) is 0.236. The zero-order valence-electron chi connectivity index (χ0n) is 16.0. The quantitative estimate of drug-likeness (QED) is 0.781. The van der Waals surface area contributed by atoms with Crippen LogP contribution in [0.4, 0.5) is 4.79 Å². The van der Waals surface area contributed by atoms with Gasteiger partial charge in [0, 0.05) is 12.0 Å². The Morgan fingerprint density at radius 3 is 2.19 bits per heavy atom. The minimum Gasteiger partial charge on any atom is -0.441 e. The number of amides is 2. The number of carbonyl (C=O) groups excluding carboxylic acids is 2. The maximum Gasteiger partial charge on any atom is 0.407 e. The molecule has 4 aliphatic rings. The lowest BCUT2D eigenvalue weighted by atomic mass is 9.88. The SMILES string of the molecule is O=C(NC1CCCCC1)O[C@@H]1CO[C@H]2[C@@H]1OC[C@@H]2NC(=O)C1CCCCC1. The number of hydrogen-bond donors (Lipinski definition) is 2. The molecule has 0 aromatic rings. The minimum absolute atomic E-state index is 0.118. The van der Waals surface area contributed by atoms with Gasteiger partial charge in [-0.3, -0.25) is 4.79 Å². The van der Waals surface area contributed by atoms with Gasteiger partial charge in [-0.15, -0.1) is 0 Å². The van der Waals surface area contributed by atoms with Crippen molar-refractivity contribution in [2.24, 2.45) is 5.92 Å². The number of ether oxygens (including phenoxy) is 3. The van der Waals surface area contributed by atoms with Crippen molar-refractivity contribution in [2.75, 3.05) is 13.2 Å². The molecule has 0 bridgehead atoms. The summed E-state index contributed by atoms with van der Waals surface area (Å²) < 4.78 is 17.3. The standard InChI is InChI=1S/C20H32N2O5/c23-19(13-7-3-1-4-8-13)22-15-11-25-18-16(12-26-17(15)18)27-20(24)21-14-9-5-2-6-10-14/h13-18H,1-12H2,(H,21,24)(H,22,23)/t15-,16+,17+,18+/m0/s1. The van der Waals surface area contributed by atoms with Crippen molar-refractivity contribution in [1.82, 2.24) is 10.6 Å². The molecule has 2 aliphatic carbocycles. The summed E-state index contributed by atoms with van der Waals surface area (Å²) in [7, 11) is 0. The molecule has 2 aliphatic heterocycles. The lowest BCUT2D eigenvalue weighted by Crippen LogP contribution is -2.47. The van der Waals surface area contributed by atoms with Gasteiger partial charge in [-0.25, -0.2) is 4.79 Å².